The molecule has 0 saturated carbocycles. The molecule has 1 heterocycles. The van der Waals surface area contributed by atoms with Gasteiger partial charge >= 0.3 is 6.18 Å². The van der Waals surface area contributed by atoms with Crippen LogP contribution >= 0.6 is 11.6 Å². The van der Waals surface area contributed by atoms with Crippen molar-refractivity contribution in [1.29, 1.82) is 0 Å². The number of nitrogens with two attached hydrogens (primary N) is 1. The molecule has 0 aliphatic heterocycles. The van der Waals surface area contributed by atoms with Crippen molar-refractivity contribution in [3.8, 4) is 5.69 Å². The van der Waals surface area contributed by atoms with Crippen molar-refractivity contribution in [2.24, 2.45) is 5.73 Å². The molecule has 0 radical (unpaired) electrons. The molecule has 7 heteroatoms. The van der Waals surface area contributed by atoms with Gasteiger partial charge in [0.1, 0.15) is 0 Å². The van der Waals surface area contributed by atoms with Crippen molar-refractivity contribution in [2.45, 2.75) is 12.6 Å². The van der Waals surface area contributed by atoms with Gasteiger partial charge in [-0.2, -0.15) is 18.3 Å². The van der Waals surface area contributed by atoms with Crippen LogP contribution in [0.4, 0.5) is 13.2 Å². The number of hydrogen-bond donors (Lipinski definition) is 1. The fraction of sp³-hybridized carbons (Fsp3) is 0.250. The highest BCUT2D eigenvalue weighted by atomic mass is 35.5. The summed E-state index contributed by atoms with van der Waals surface area (Å²) < 4.78 is 38.7. The number of halogens is 4. The molecule has 0 unspecified atom stereocenters. The lowest BCUT2D eigenvalue weighted by Gasteiger charge is -2.10. The molecule has 0 fully saturated rings. The first kappa shape index (κ1) is 13.9. The van der Waals surface area contributed by atoms with E-state index in [1.54, 1.807) is 18.2 Å². The molecule has 0 aliphatic carbocycles. The van der Waals surface area contributed by atoms with Crippen molar-refractivity contribution in [1.82, 2.24) is 9.78 Å². The fourth-order valence-corrected chi connectivity index (χ4v) is 2.03. The van der Waals surface area contributed by atoms with E-state index in [-0.39, 0.29) is 0 Å². The Morgan fingerprint density at radius 2 is 2.00 bits per heavy atom. The van der Waals surface area contributed by atoms with Gasteiger partial charge in [0.05, 0.1) is 5.69 Å². The molecular weight excluding hydrogens is 279 g/mol. The summed E-state index contributed by atoms with van der Waals surface area (Å²) in [5.41, 5.74) is 5.74. The lowest BCUT2D eigenvalue weighted by molar-refractivity contribution is -0.141. The summed E-state index contributed by atoms with van der Waals surface area (Å²) in [7, 11) is 0. The van der Waals surface area contributed by atoms with Crippen molar-refractivity contribution >= 4 is 11.6 Å². The molecule has 0 amide bonds. The molecule has 2 aromatic rings. The monoisotopic (exact) mass is 289 g/mol. The number of benzene rings is 1. The highest BCUT2D eigenvalue weighted by Crippen LogP contribution is 2.29. The van der Waals surface area contributed by atoms with Crippen LogP contribution in [-0.2, 0) is 12.6 Å². The zero-order chi connectivity index (χ0) is 14.0. The summed E-state index contributed by atoms with van der Waals surface area (Å²) in [4.78, 5) is 0. The maximum atomic E-state index is 12.5. The second kappa shape index (κ2) is 5.22. The zero-order valence-corrected chi connectivity index (χ0v) is 10.5. The average Bonchev–Trinajstić information content (AvgIpc) is 2.81. The molecule has 0 atom stereocenters. The van der Waals surface area contributed by atoms with E-state index >= 15 is 0 Å². The molecule has 1 aromatic carbocycles. The Morgan fingerprint density at radius 3 is 2.58 bits per heavy atom. The minimum absolute atomic E-state index is 0.351. The van der Waals surface area contributed by atoms with Crippen molar-refractivity contribution in [3.05, 3.63) is 46.7 Å². The predicted octanol–water partition coefficient (Wildman–Crippen LogP) is 3.05. The van der Waals surface area contributed by atoms with Crippen LogP contribution in [0, 0.1) is 0 Å². The topological polar surface area (TPSA) is 43.8 Å². The second-order valence-electron chi connectivity index (χ2n) is 3.92. The van der Waals surface area contributed by atoms with Gasteiger partial charge in [0.2, 0.25) is 0 Å². The SMILES string of the molecule is NCCc1c(Cl)cccc1-n1ccc(C(F)(F)F)n1. The van der Waals surface area contributed by atoms with Gasteiger partial charge in [-0.1, -0.05) is 17.7 Å². The smallest absolute Gasteiger partial charge is 0.330 e. The molecule has 0 aliphatic rings. The summed E-state index contributed by atoms with van der Waals surface area (Å²) >= 11 is 6.04. The van der Waals surface area contributed by atoms with E-state index in [0.717, 1.165) is 6.07 Å². The number of nitrogens with zero attached hydrogens (tertiary/aromatic N) is 2. The van der Waals surface area contributed by atoms with Crippen LogP contribution in [0.3, 0.4) is 0 Å². The summed E-state index contributed by atoms with van der Waals surface area (Å²) in [5, 5.41) is 3.99. The average molecular weight is 290 g/mol. The largest absolute Gasteiger partial charge is 0.435 e. The van der Waals surface area contributed by atoms with Crippen molar-refractivity contribution in [3.63, 3.8) is 0 Å². The predicted molar refractivity (Wildman–Crippen MR) is 66.3 cm³/mol. The van der Waals surface area contributed by atoms with Gasteiger partial charge in [0, 0.05) is 11.2 Å². The third-order valence-corrected chi connectivity index (χ3v) is 2.97. The van der Waals surface area contributed by atoms with Gasteiger partial charge in [-0.3, -0.25) is 0 Å². The van der Waals surface area contributed by atoms with Crippen LogP contribution in [0.15, 0.2) is 30.5 Å². The summed E-state index contributed by atoms with van der Waals surface area (Å²) in [6.45, 7) is 0.351. The van der Waals surface area contributed by atoms with Gasteiger partial charge in [-0.15, -0.1) is 0 Å². The van der Waals surface area contributed by atoms with E-state index in [0.29, 0.717) is 29.2 Å². The number of hydrogen-bond acceptors (Lipinski definition) is 2. The standard InChI is InChI=1S/C12H11ClF3N3/c13-9-2-1-3-10(8(9)4-6-17)19-7-5-11(18-19)12(14,15)16/h1-3,5,7H,4,6,17H2. The number of aromatic nitrogens is 2. The molecule has 0 bridgehead atoms. The summed E-state index contributed by atoms with van der Waals surface area (Å²) in [6, 6.07) is 5.91. The minimum Gasteiger partial charge on any atom is -0.330 e. The van der Waals surface area contributed by atoms with E-state index < -0.39 is 11.9 Å². The lowest BCUT2D eigenvalue weighted by Crippen LogP contribution is -2.10. The Kier molecular flexibility index (Phi) is 3.82. The minimum atomic E-state index is -4.46. The van der Waals surface area contributed by atoms with Crippen LogP contribution in [0.2, 0.25) is 5.02 Å². The first-order chi connectivity index (χ1) is 8.93. The van der Waals surface area contributed by atoms with Gasteiger partial charge in [-0.05, 0) is 36.7 Å². The van der Waals surface area contributed by atoms with E-state index in [1.807, 2.05) is 0 Å². The first-order valence-electron chi connectivity index (χ1n) is 5.54. The van der Waals surface area contributed by atoms with Crippen LogP contribution in [0.25, 0.3) is 5.69 Å². The number of alkyl halides is 3. The van der Waals surface area contributed by atoms with Crippen LogP contribution in [-0.4, -0.2) is 16.3 Å². The molecule has 0 saturated heterocycles. The Balaban J connectivity index is 2.47. The van der Waals surface area contributed by atoms with E-state index in [2.05, 4.69) is 5.10 Å². The molecule has 3 nitrogen and oxygen atoms in total. The fourth-order valence-electron chi connectivity index (χ4n) is 1.76. The van der Waals surface area contributed by atoms with Crippen LogP contribution < -0.4 is 5.73 Å². The van der Waals surface area contributed by atoms with Crippen molar-refractivity contribution < 1.29 is 13.2 Å². The first-order valence-corrected chi connectivity index (χ1v) is 5.92. The third kappa shape index (κ3) is 2.90. The van der Waals surface area contributed by atoms with Crippen LogP contribution in [0.5, 0.6) is 0 Å². The van der Waals surface area contributed by atoms with Gasteiger partial charge in [0.25, 0.3) is 0 Å². The molecule has 19 heavy (non-hydrogen) atoms. The summed E-state index contributed by atoms with van der Waals surface area (Å²) in [6.07, 6.45) is -2.73. The van der Waals surface area contributed by atoms with Crippen molar-refractivity contribution in [2.75, 3.05) is 6.54 Å². The molecule has 2 N–H and O–H groups in total. The maximum absolute atomic E-state index is 12.5. The summed E-state index contributed by atoms with van der Waals surface area (Å²) in [5.74, 6) is 0. The molecule has 2 rings (SSSR count). The normalized spacial score (nSPS) is 11.8. The number of rotatable bonds is 3. The lowest BCUT2D eigenvalue weighted by atomic mass is 10.1. The zero-order valence-electron chi connectivity index (χ0n) is 9.78. The second-order valence-corrected chi connectivity index (χ2v) is 4.33. The molecule has 102 valence electrons. The molecule has 0 spiro atoms. The van der Waals surface area contributed by atoms with E-state index in [9.17, 15) is 13.2 Å². The van der Waals surface area contributed by atoms with Crippen LogP contribution in [0.1, 0.15) is 11.3 Å². The highest BCUT2D eigenvalue weighted by Gasteiger charge is 2.33. The van der Waals surface area contributed by atoms with E-state index in [1.165, 1.54) is 10.9 Å². The quantitative estimate of drug-likeness (QED) is 0.944. The van der Waals surface area contributed by atoms with Gasteiger partial charge in [-0.25, -0.2) is 4.68 Å². The maximum Gasteiger partial charge on any atom is 0.435 e. The Labute approximate surface area is 112 Å². The third-order valence-electron chi connectivity index (χ3n) is 2.61. The molecule has 1 aromatic heterocycles. The Hall–Kier alpha value is -1.53. The van der Waals surface area contributed by atoms with Gasteiger partial charge < -0.3 is 5.73 Å². The van der Waals surface area contributed by atoms with E-state index in [4.69, 9.17) is 17.3 Å². The van der Waals surface area contributed by atoms with Gasteiger partial charge in [0.15, 0.2) is 5.69 Å². The Bertz CT molecular complexity index is 578. The Morgan fingerprint density at radius 1 is 1.26 bits per heavy atom. The highest BCUT2D eigenvalue weighted by molar-refractivity contribution is 6.31. The molecular formula is C12H11ClF3N3.